The predicted molar refractivity (Wildman–Crippen MR) is 72.4 cm³/mol. The van der Waals surface area contributed by atoms with Crippen LogP contribution < -0.4 is 5.73 Å². The Hall–Kier alpha value is -0.750. The maximum absolute atomic E-state index is 12.2. The van der Waals surface area contributed by atoms with E-state index >= 15 is 0 Å². The zero-order valence-corrected chi connectivity index (χ0v) is 11.6. The smallest absolute Gasteiger partial charge is 0.282 e. The molecule has 2 aliphatic heterocycles. The number of carbonyl (C=O) groups is 2. The summed E-state index contributed by atoms with van der Waals surface area (Å²) in [6.45, 7) is 4.39. The molecule has 2 amide bonds. The minimum atomic E-state index is 0.0259. The van der Waals surface area contributed by atoms with Gasteiger partial charge in [-0.15, -0.1) is 0 Å². The second-order valence-electron chi connectivity index (χ2n) is 5.14. The largest absolute Gasteiger partial charge is 0.337 e. The number of amides is 2. The molecule has 2 aliphatic rings. The van der Waals surface area contributed by atoms with Gasteiger partial charge in [-0.1, -0.05) is 18.7 Å². The Balaban J connectivity index is 1.93. The lowest BCUT2D eigenvalue weighted by Crippen LogP contribution is -2.52. The average Bonchev–Trinajstić information content (AvgIpc) is 2.74. The second kappa shape index (κ2) is 5.93. The van der Waals surface area contributed by atoms with Gasteiger partial charge in [0.05, 0.1) is 0 Å². The van der Waals surface area contributed by atoms with Crippen LogP contribution in [0.2, 0.25) is 0 Å². The first-order valence-electron chi connectivity index (χ1n) is 6.53. The number of nitrogens with zero attached hydrogens (tertiary/aromatic N) is 2. The Bertz CT molecular complexity index is 337. The Morgan fingerprint density at radius 1 is 1.50 bits per heavy atom. The van der Waals surface area contributed by atoms with Crippen LogP contribution in [0.3, 0.4) is 0 Å². The quantitative estimate of drug-likeness (QED) is 0.822. The molecule has 102 valence electrons. The number of thioether (sulfide) groups is 1. The van der Waals surface area contributed by atoms with Crippen molar-refractivity contribution in [1.29, 1.82) is 0 Å². The van der Waals surface area contributed by atoms with Crippen LogP contribution in [-0.4, -0.2) is 58.9 Å². The molecular weight excluding hydrogens is 250 g/mol. The molecule has 0 spiro atoms. The summed E-state index contributed by atoms with van der Waals surface area (Å²) in [5, 5.41) is 0.0259. The zero-order valence-electron chi connectivity index (χ0n) is 10.8. The van der Waals surface area contributed by atoms with Crippen molar-refractivity contribution in [2.45, 2.75) is 25.8 Å². The summed E-state index contributed by atoms with van der Waals surface area (Å²) >= 11 is 1.29. The summed E-state index contributed by atoms with van der Waals surface area (Å²) < 4.78 is 0. The van der Waals surface area contributed by atoms with Crippen LogP contribution in [0.15, 0.2) is 0 Å². The number of likely N-dealkylation sites (tertiary alicyclic amines) is 1. The molecule has 2 fully saturated rings. The first-order valence-corrected chi connectivity index (χ1v) is 7.51. The molecule has 0 aromatic rings. The van der Waals surface area contributed by atoms with Gasteiger partial charge in [-0.05, 0) is 18.8 Å². The van der Waals surface area contributed by atoms with E-state index in [1.807, 2.05) is 4.90 Å². The third-order valence-electron chi connectivity index (χ3n) is 3.74. The third-order valence-corrected chi connectivity index (χ3v) is 4.63. The minimum absolute atomic E-state index is 0.0259. The highest BCUT2D eigenvalue weighted by Gasteiger charge is 2.31. The summed E-state index contributed by atoms with van der Waals surface area (Å²) in [5.41, 5.74) is 5.75. The molecule has 2 atom stereocenters. The lowest BCUT2D eigenvalue weighted by Gasteiger charge is -2.38. The van der Waals surface area contributed by atoms with Crippen molar-refractivity contribution >= 4 is 22.9 Å². The Morgan fingerprint density at radius 3 is 2.89 bits per heavy atom. The summed E-state index contributed by atoms with van der Waals surface area (Å²) in [6.07, 6.45) is 2.01. The molecule has 2 unspecified atom stereocenters. The first kappa shape index (κ1) is 13.7. The molecule has 0 bridgehead atoms. The van der Waals surface area contributed by atoms with E-state index in [0.717, 1.165) is 25.1 Å². The molecule has 6 heteroatoms. The van der Waals surface area contributed by atoms with Gasteiger partial charge in [0.25, 0.3) is 5.24 Å². The fourth-order valence-electron chi connectivity index (χ4n) is 2.63. The highest BCUT2D eigenvalue weighted by atomic mass is 32.2. The Morgan fingerprint density at radius 2 is 2.28 bits per heavy atom. The molecular formula is C12H21N3O2S. The maximum Gasteiger partial charge on any atom is 0.282 e. The highest BCUT2D eigenvalue weighted by Crippen LogP contribution is 2.23. The summed E-state index contributed by atoms with van der Waals surface area (Å²) in [5.74, 6) is 1.48. The normalized spacial score (nSPS) is 28.9. The molecule has 2 N–H and O–H groups in total. The van der Waals surface area contributed by atoms with Crippen molar-refractivity contribution in [1.82, 2.24) is 9.80 Å². The number of hydrogen-bond acceptors (Lipinski definition) is 4. The van der Waals surface area contributed by atoms with Crippen molar-refractivity contribution in [2.24, 2.45) is 11.7 Å². The van der Waals surface area contributed by atoms with Crippen LogP contribution >= 0.6 is 11.8 Å². The van der Waals surface area contributed by atoms with E-state index in [1.54, 1.807) is 4.90 Å². The molecule has 0 saturated carbocycles. The number of carbonyl (C=O) groups excluding carboxylic acids is 2. The third kappa shape index (κ3) is 2.98. The van der Waals surface area contributed by atoms with Gasteiger partial charge in [-0.25, -0.2) is 0 Å². The van der Waals surface area contributed by atoms with E-state index < -0.39 is 0 Å². The number of nitrogens with two attached hydrogens (primary N) is 1. The van der Waals surface area contributed by atoms with Crippen LogP contribution in [0.1, 0.15) is 19.8 Å². The fourth-order valence-corrected chi connectivity index (χ4v) is 3.45. The number of piperidine rings is 1. The van der Waals surface area contributed by atoms with Crippen molar-refractivity contribution in [3.63, 3.8) is 0 Å². The minimum Gasteiger partial charge on any atom is -0.337 e. The molecule has 0 aromatic carbocycles. The predicted octanol–water partition coefficient (Wildman–Crippen LogP) is 0.741. The van der Waals surface area contributed by atoms with Crippen molar-refractivity contribution in [2.75, 3.05) is 31.9 Å². The monoisotopic (exact) mass is 271 g/mol. The van der Waals surface area contributed by atoms with E-state index in [-0.39, 0.29) is 23.7 Å². The van der Waals surface area contributed by atoms with E-state index in [9.17, 15) is 9.59 Å². The molecule has 0 radical (unpaired) electrons. The zero-order chi connectivity index (χ0) is 13.1. The number of hydrogen-bond donors (Lipinski definition) is 1. The van der Waals surface area contributed by atoms with Gasteiger partial charge in [0.2, 0.25) is 5.91 Å². The standard InChI is InChI=1S/C12H21N3O2S/c1-9-2-3-15(10(6-9)7-13)11(16)8-14-4-5-18-12(14)17/h9-10H,2-8,13H2,1H3. The highest BCUT2D eigenvalue weighted by molar-refractivity contribution is 8.13. The van der Waals surface area contributed by atoms with Gasteiger partial charge in [0, 0.05) is 31.4 Å². The Kier molecular flexibility index (Phi) is 4.50. The molecule has 2 heterocycles. The van der Waals surface area contributed by atoms with Gasteiger partial charge in [-0.3, -0.25) is 9.59 Å². The van der Waals surface area contributed by atoms with Gasteiger partial charge < -0.3 is 15.5 Å². The molecule has 18 heavy (non-hydrogen) atoms. The first-order chi connectivity index (χ1) is 8.61. The van der Waals surface area contributed by atoms with Crippen molar-refractivity contribution in [3.8, 4) is 0 Å². The molecule has 0 aromatic heterocycles. The molecule has 5 nitrogen and oxygen atoms in total. The maximum atomic E-state index is 12.2. The van der Waals surface area contributed by atoms with E-state index in [1.165, 1.54) is 11.8 Å². The second-order valence-corrected chi connectivity index (χ2v) is 6.19. The molecule has 2 saturated heterocycles. The SMILES string of the molecule is CC1CCN(C(=O)CN2CCSC2=O)C(CN)C1. The van der Waals surface area contributed by atoms with Gasteiger partial charge >= 0.3 is 0 Å². The Labute approximate surface area is 112 Å². The van der Waals surface area contributed by atoms with E-state index in [0.29, 0.717) is 19.0 Å². The van der Waals surface area contributed by atoms with Crippen molar-refractivity contribution < 1.29 is 9.59 Å². The molecule has 0 aliphatic carbocycles. The summed E-state index contributed by atoms with van der Waals surface area (Å²) in [6, 6.07) is 0.145. The van der Waals surface area contributed by atoms with Crippen LogP contribution in [-0.2, 0) is 4.79 Å². The fraction of sp³-hybridized carbons (Fsp3) is 0.833. The summed E-state index contributed by atoms with van der Waals surface area (Å²) in [7, 11) is 0. The topological polar surface area (TPSA) is 66.6 Å². The average molecular weight is 271 g/mol. The summed E-state index contributed by atoms with van der Waals surface area (Å²) in [4.78, 5) is 27.2. The molecule has 2 rings (SSSR count). The van der Waals surface area contributed by atoms with Crippen molar-refractivity contribution in [3.05, 3.63) is 0 Å². The lowest BCUT2D eigenvalue weighted by atomic mass is 9.92. The van der Waals surface area contributed by atoms with Gasteiger partial charge in [-0.2, -0.15) is 0 Å². The lowest BCUT2D eigenvalue weighted by molar-refractivity contribution is -0.135. The van der Waals surface area contributed by atoms with Crippen LogP contribution in [0.5, 0.6) is 0 Å². The van der Waals surface area contributed by atoms with Gasteiger partial charge in [0.15, 0.2) is 0 Å². The van der Waals surface area contributed by atoms with Gasteiger partial charge in [0.1, 0.15) is 6.54 Å². The van der Waals surface area contributed by atoms with E-state index in [4.69, 9.17) is 5.73 Å². The van der Waals surface area contributed by atoms with Crippen LogP contribution in [0.25, 0.3) is 0 Å². The van der Waals surface area contributed by atoms with Crippen LogP contribution in [0, 0.1) is 5.92 Å². The number of rotatable bonds is 3. The van der Waals surface area contributed by atoms with Crippen LogP contribution in [0.4, 0.5) is 4.79 Å². The van der Waals surface area contributed by atoms with E-state index in [2.05, 4.69) is 6.92 Å².